The highest BCUT2D eigenvalue weighted by Gasteiger charge is 2.16. The molecule has 0 aliphatic heterocycles. The minimum absolute atomic E-state index is 0.170. The van der Waals surface area contributed by atoms with E-state index in [0.29, 0.717) is 0 Å². The number of halogens is 2. The molecule has 0 amide bonds. The van der Waals surface area contributed by atoms with Crippen molar-refractivity contribution in [2.75, 3.05) is 7.05 Å². The van der Waals surface area contributed by atoms with Crippen LogP contribution in [0.1, 0.15) is 17.2 Å². The first-order chi connectivity index (χ1) is 7.72. The Bertz CT molecular complexity index is 470. The van der Waals surface area contributed by atoms with Crippen LogP contribution >= 0.6 is 38.5 Å². The van der Waals surface area contributed by atoms with Gasteiger partial charge in [-0.25, -0.2) is 0 Å². The third-order valence-corrected chi connectivity index (χ3v) is 3.91. The molecule has 2 nitrogen and oxygen atoms in total. The fraction of sp³-hybridized carbons (Fsp3) is 0.167. The molecule has 1 unspecified atom stereocenters. The Morgan fingerprint density at radius 1 is 1.38 bits per heavy atom. The Morgan fingerprint density at radius 2 is 2.19 bits per heavy atom. The minimum Gasteiger partial charge on any atom is -0.472 e. The molecule has 4 heteroatoms. The van der Waals surface area contributed by atoms with E-state index in [1.165, 1.54) is 9.13 Å². The average Bonchev–Trinajstić information content (AvgIpc) is 2.78. The summed E-state index contributed by atoms with van der Waals surface area (Å²) in [6.45, 7) is 0. The van der Waals surface area contributed by atoms with Crippen LogP contribution in [0.4, 0.5) is 0 Å². The maximum absolute atomic E-state index is 5.13. The van der Waals surface area contributed by atoms with Crippen LogP contribution in [0.5, 0.6) is 0 Å². The van der Waals surface area contributed by atoms with Gasteiger partial charge < -0.3 is 9.73 Å². The number of hydrogen-bond donors (Lipinski definition) is 1. The second-order valence-corrected chi connectivity index (χ2v) is 5.52. The van der Waals surface area contributed by atoms with Crippen molar-refractivity contribution in [1.29, 1.82) is 0 Å². The fourth-order valence-electron chi connectivity index (χ4n) is 1.68. The number of rotatable bonds is 3. The Labute approximate surface area is 117 Å². The van der Waals surface area contributed by atoms with Crippen LogP contribution in [0.3, 0.4) is 0 Å². The molecule has 2 rings (SSSR count). The lowest BCUT2D eigenvalue weighted by molar-refractivity contribution is 0.557. The van der Waals surface area contributed by atoms with Crippen LogP contribution in [-0.2, 0) is 0 Å². The third-order valence-electron chi connectivity index (χ3n) is 2.43. The van der Waals surface area contributed by atoms with Gasteiger partial charge in [-0.3, -0.25) is 0 Å². The van der Waals surface area contributed by atoms with Crippen LogP contribution in [0.25, 0.3) is 0 Å². The quantitative estimate of drug-likeness (QED) is 0.801. The molecule has 1 atom stereocenters. The van der Waals surface area contributed by atoms with E-state index < -0.39 is 0 Å². The van der Waals surface area contributed by atoms with Gasteiger partial charge in [0.2, 0.25) is 0 Å². The number of hydrogen-bond acceptors (Lipinski definition) is 2. The zero-order valence-electron chi connectivity index (χ0n) is 8.71. The summed E-state index contributed by atoms with van der Waals surface area (Å²) in [5, 5.41) is 3.30. The average molecular weight is 392 g/mol. The molecule has 84 valence electrons. The van der Waals surface area contributed by atoms with E-state index in [1.807, 2.05) is 19.2 Å². The molecule has 0 saturated carbocycles. The molecule has 0 radical (unpaired) electrons. The Hall–Kier alpha value is -0.330. The second kappa shape index (κ2) is 5.33. The van der Waals surface area contributed by atoms with Crippen LogP contribution in [0.2, 0.25) is 0 Å². The van der Waals surface area contributed by atoms with Crippen molar-refractivity contribution in [3.05, 3.63) is 56.0 Å². The summed E-state index contributed by atoms with van der Waals surface area (Å²) in [6, 6.07) is 8.44. The van der Waals surface area contributed by atoms with Gasteiger partial charge in [0.15, 0.2) is 0 Å². The van der Waals surface area contributed by atoms with Crippen molar-refractivity contribution >= 4 is 38.5 Å². The molecule has 1 heterocycles. The predicted molar refractivity (Wildman–Crippen MR) is 76.5 cm³/mol. The third kappa shape index (κ3) is 2.49. The van der Waals surface area contributed by atoms with Gasteiger partial charge >= 0.3 is 0 Å². The van der Waals surface area contributed by atoms with Crippen LogP contribution in [-0.4, -0.2) is 7.05 Å². The van der Waals surface area contributed by atoms with Gasteiger partial charge in [0.1, 0.15) is 0 Å². The Morgan fingerprint density at radius 3 is 2.81 bits per heavy atom. The maximum atomic E-state index is 5.13. The highest BCUT2D eigenvalue weighted by atomic mass is 127. The lowest BCUT2D eigenvalue weighted by Crippen LogP contribution is -2.18. The summed E-state index contributed by atoms with van der Waals surface area (Å²) in [6.07, 6.45) is 3.47. The highest BCUT2D eigenvalue weighted by Crippen LogP contribution is 2.28. The van der Waals surface area contributed by atoms with E-state index >= 15 is 0 Å². The smallest absolute Gasteiger partial charge is 0.0953 e. The van der Waals surface area contributed by atoms with Gasteiger partial charge in [-0.1, -0.05) is 15.9 Å². The minimum atomic E-state index is 0.170. The van der Waals surface area contributed by atoms with Crippen LogP contribution < -0.4 is 5.32 Å². The zero-order valence-corrected chi connectivity index (χ0v) is 12.4. The van der Waals surface area contributed by atoms with E-state index in [0.717, 1.165) is 10.0 Å². The molecule has 0 bridgehead atoms. The number of furan rings is 1. The molecule has 1 aromatic heterocycles. The lowest BCUT2D eigenvalue weighted by Gasteiger charge is -2.17. The van der Waals surface area contributed by atoms with Crippen LogP contribution in [0, 0.1) is 3.57 Å². The van der Waals surface area contributed by atoms with Crippen molar-refractivity contribution in [1.82, 2.24) is 5.32 Å². The van der Waals surface area contributed by atoms with Crippen molar-refractivity contribution in [2.24, 2.45) is 0 Å². The molecular weight excluding hydrogens is 381 g/mol. The fourth-order valence-corrected chi connectivity index (χ4v) is 2.70. The number of benzene rings is 1. The molecule has 0 aliphatic rings. The largest absolute Gasteiger partial charge is 0.472 e. The van der Waals surface area contributed by atoms with E-state index in [4.69, 9.17) is 4.42 Å². The van der Waals surface area contributed by atoms with E-state index in [2.05, 4.69) is 56.0 Å². The summed E-state index contributed by atoms with van der Waals surface area (Å²) < 4.78 is 7.46. The molecule has 1 aromatic carbocycles. The van der Waals surface area contributed by atoms with Crippen molar-refractivity contribution in [3.63, 3.8) is 0 Å². The van der Waals surface area contributed by atoms with E-state index in [-0.39, 0.29) is 6.04 Å². The van der Waals surface area contributed by atoms with Crippen molar-refractivity contribution in [3.8, 4) is 0 Å². The Kier molecular flexibility index (Phi) is 4.05. The molecule has 0 spiro atoms. The maximum Gasteiger partial charge on any atom is 0.0953 e. The van der Waals surface area contributed by atoms with Gasteiger partial charge in [0, 0.05) is 13.6 Å². The molecule has 0 saturated heterocycles. The van der Waals surface area contributed by atoms with Gasteiger partial charge in [-0.2, -0.15) is 0 Å². The Balaban J connectivity index is 2.44. The summed E-state index contributed by atoms with van der Waals surface area (Å²) in [5.41, 5.74) is 2.39. The topological polar surface area (TPSA) is 25.2 Å². The molecule has 16 heavy (non-hydrogen) atoms. The highest BCUT2D eigenvalue weighted by molar-refractivity contribution is 14.1. The van der Waals surface area contributed by atoms with Gasteiger partial charge in [-0.05, 0) is 59.5 Å². The molecule has 2 aromatic rings. The first-order valence-corrected chi connectivity index (χ1v) is 6.74. The summed E-state index contributed by atoms with van der Waals surface area (Å²) in [5.74, 6) is 0. The van der Waals surface area contributed by atoms with Gasteiger partial charge in [0.05, 0.1) is 18.6 Å². The van der Waals surface area contributed by atoms with Gasteiger partial charge in [-0.15, -0.1) is 0 Å². The normalized spacial score (nSPS) is 12.7. The molecule has 0 fully saturated rings. The van der Waals surface area contributed by atoms with Crippen molar-refractivity contribution < 1.29 is 4.42 Å². The standard InChI is InChI=1S/C12H11BrINO/c1-15-12(8-4-5-16-7-8)10-6-9(13)2-3-11(10)14/h2-7,12,15H,1H3. The SMILES string of the molecule is CNC(c1ccoc1)c1cc(Br)ccc1I. The zero-order chi connectivity index (χ0) is 11.5. The van der Waals surface area contributed by atoms with E-state index in [1.54, 1.807) is 12.5 Å². The van der Waals surface area contributed by atoms with Crippen LogP contribution in [0.15, 0.2) is 45.7 Å². The lowest BCUT2D eigenvalue weighted by atomic mass is 10.0. The summed E-state index contributed by atoms with van der Waals surface area (Å²) in [7, 11) is 1.95. The first kappa shape index (κ1) is 12.1. The summed E-state index contributed by atoms with van der Waals surface area (Å²) >= 11 is 5.85. The van der Waals surface area contributed by atoms with Crippen molar-refractivity contribution in [2.45, 2.75) is 6.04 Å². The first-order valence-electron chi connectivity index (χ1n) is 4.86. The summed E-state index contributed by atoms with van der Waals surface area (Å²) in [4.78, 5) is 0. The monoisotopic (exact) mass is 391 g/mol. The predicted octanol–water partition coefficient (Wildman–Crippen LogP) is 3.96. The van der Waals surface area contributed by atoms with Gasteiger partial charge in [0.25, 0.3) is 0 Å². The van der Waals surface area contributed by atoms with E-state index in [9.17, 15) is 0 Å². The second-order valence-electron chi connectivity index (χ2n) is 3.44. The molecule has 1 N–H and O–H groups in total. The number of nitrogens with one attached hydrogen (secondary N) is 1. The molecule has 0 aliphatic carbocycles. The molecular formula is C12H11BrINO.